The first-order valence-electron chi connectivity index (χ1n) is 10.2. The van der Waals surface area contributed by atoms with Crippen molar-refractivity contribution in [2.24, 2.45) is 0 Å². The van der Waals surface area contributed by atoms with Gasteiger partial charge in [0.05, 0.1) is 23.9 Å². The molecule has 2 heterocycles. The molecule has 0 spiro atoms. The van der Waals surface area contributed by atoms with Crippen LogP contribution in [0.5, 0.6) is 0 Å². The SMILES string of the molecule is COC(=O)C(Cc1ccsc1)NC(=O)c1ccc(Cl)cc1NS(=O)(=O)c1cccc2nccnc12. The normalized spacial score (nSPS) is 12.2. The van der Waals surface area contributed by atoms with Crippen molar-refractivity contribution in [1.29, 1.82) is 0 Å². The van der Waals surface area contributed by atoms with E-state index in [9.17, 15) is 18.0 Å². The number of esters is 1. The Morgan fingerprint density at radius 3 is 2.69 bits per heavy atom. The molecule has 9 nitrogen and oxygen atoms in total. The molecule has 4 rings (SSSR count). The lowest BCUT2D eigenvalue weighted by Crippen LogP contribution is -2.43. The van der Waals surface area contributed by atoms with E-state index in [1.54, 1.807) is 12.1 Å². The van der Waals surface area contributed by atoms with Crippen molar-refractivity contribution in [3.05, 3.63) is 81.8 Å². The highest BCUT2D eigenvalue weighted by molar-refractivity contribution is 7.93. The summed E-state index contributed by atoms with van der Waals surface area (Å²) in [4.78, 5) is 33.6. The molecule has 0 saturated heterocycles. The van der Waals surface area contributed by atoms with Crippen molar-refractivity contribution in [3.8, 4) is 0 Å². The van der Waals surface area contributed by atoms with Gasteiger partial charge in [-0.1, -0.05) is 17.7 Å². The predicted molar refractivity (Wildman–Crippen MR) is 133 cm³/mol. The van der Waals surface area contributed by atoms with Crippen LogP contribution >= 0.6 is 22.9 Å². The molecule has 4 aromatic rings. The average molecular weight is 531 g/mol. The van der Waals surface area contributed by atoms with Gasteiger partial charge >= 0.3 is 5.97 Å². The molecule has 180 valence electrons. The lowest BCUT2D eigenvalue weighted by atomic mass is 10.1. The Morgan fingerprint density at radius 1 is 1.14 bits per heavy atom. The number of ether oxygens (including phenoxy) is 1. The monoisotopic (exact) mass is 530 g/mol. The largest absolute Gasteiger partial charge is 0.467 e. The molecule has 0 bridgehead atoms. The highest BCUT2D eigenvalue weighted by Gasteiger charge is 2.26. The average Bonchev–Trinajstić information content (AvgIpc) is 3.35. The number of sulfonamides is 1. The number of aromatic nitrogens is 2. The summed E-state index contributed by atoms with van der Waals surface area (Å²) < 4.78 is 33.8. The van der Waals surface area contributed by atoms with Gasteiger partial charge in [0.1, 0.15) is 16.5 Å². The Hall–Kier alpha value is -3.54. The van der Waals surface area contributed by atoms with Gasteiger partial charge in [0, 0.05) is 23.8 Å². The molecule has 0 radical (unpaired) electrons. The molecule has 1 atom stereocenters. The van der Waals surface area contributed by atoms with Crippen LogP contribution in [0.25, 0.3) is 11.0 Å². The van der Waals surface area contributed by atoms with Gasteiger partial charge in [-0.2, -0.15) is 11.3 Å². The second-order valence-electron chi connectivity index (χ2n) is 7.36. The van der Waals surface area contributed by atoms with Gasteiger partial charge in [-0.15, -0.1) is 0 Å². The number of hydrogen-bond donors (Lipinski definition) is 2. The molecule has 0 aliphatic rings. The Balaban J connectivity index is 1.65. The third-order valence-electron chi connectivity index (χ3n) is 5.03. The van der Waals surface area contributed by atoms with Crippen molar-refractivity contribution in [2.75, 3.05) is 11.8 Å². The fraction of sp³-hybridized carbons (Fsp3) is 0.130. The molecule has 2 aromatic carbocycles. The summed E-state index contributed by atoms with van der Waals surface area (Å²) in [6.45, 7) is 0. The van der Waals surface area contributed by atoms with Gasteiger partial charge < -0.3 is 10.1 Å². The van der Waals surface area contributed by atoms with E-state index >= 15 is 0 Å². The highest BCUT2D eigenvalue weighted by atomic mass is 35.5. The number of benzene rings is 2. The first-order chi connectivity index (χ1) is 16.8. The lowest BCUT2D eigenvalue weighted by molar-refractivity contribution is -0.142. The minimum absolute atomic E-state index is 0.0245. The Kier molecular flexibility index (Phi) is 7.29. The number of nitrogens with zero attached hydrogens (tertiary/aromatic N) is 2. The van der Waals surface area contributed by atoms with Crippen LogP contribution in [0.2, 0.25) is 5.02 Å². The van der Waals surface area contributed by atoms with E-state index < -0.39 is 27.9 Å². The number of para-hydroxylation sites is 1. The van der Waals surface area contributed by atoms with Crippen LogP contribution in [0.15, 0.2) is 70.5 Å². The number of carbonyl (C=O) groups is 2. The van der Waals surface area contributed by atoms with Crippen LogP contribution in [-0.2, 0) is 26.0 Å². The first kappa shape index (κ1) is 24.6. The van der Waals surface area contributed by atoms with Crippen LogP contribution in [0.1, 0.15) is 15.9 Å². The Labute approximate surface area is 210 Å². The minimum Gasteiger partial charge on any atom is -0.467 e. The standard InChI is InChI=1S/C23H19ClN4O5S2/c1-33-23(30)19(11-14-7-10-34-13-14)27-22(29)16-6-5-15(24)12-18(16)28-35(31,32)20-4-2-3-17-21(20)26-9-8-25-17/h2-10,12-13,19,28H,11H2,1H3,(H,27,29). The van der Waals surface area contributed by atoms with Crippen molar-refractivity contribution in [1.82, 2.24) is 15.3 Å². The van der Waals surface area contributed by atoms with E-state index in [0.29, 0.717) is 5.52 Å². The summed E-state index contributed by atoms with van der Waals surface area (Å²) in [5.41, 5.74) is 1.34. The third kappa shape index (κ3) is 5.59. The van der Waals surface area contributed by atoms with Crippen LogP contribution in [-0.4, -0.2) is 43.4 Å². The van der Waals surface area contributed by atoms with Crippen LogP contribution < -0.4 is 10.0 Å². The van der Waals surface area contributed by atoms with Crippen molar-refractivity contribution < 1.29 is 22.7 Å². The van der Waals surface area contributed by atoms with Crippen LogP contribution in [0, 0.1) is 0 Å². The maximum atomic E-state index is 13.3. The number of nitrogens with one attached hydrogen (secondary N) is 2. The smallest absolute Gasteiger partial charge is 0.328 e. The Morgan fingerprint density at radius 2 is 1.94 bits per heavy atom. The van der Waals surface area contributed by atoms with E-state index in [1.165, 1.54) is 55.1 Å². The molecule has 2 N–H and O–H groups in total. The van der Waals surface area contributed by atoms with E-state index in [-0.39, 0.29) is 33.1 Å². The minimum atomic E-state index is -4.18. The van der Waals surface area contributed by atoms with Crippen molar-refractivity contribution in [3.63, 3.8) is 0 Å². The Bertz CT molecular complexity index is 1490. The first-order valence-corrected chi connectivity index (χ1v) is 13.0. The second kappa shape index (κ2) is 10.4. The summed E-state index contributed by atoms with van der Waals surface area (Å²) in [6.07, 6.45) is 3.06. The summed E-state index contributed by atoms with van der Waals surface area (Å²) in [6, 6.07) is 9.57. The molecule has 0 fully saturated rings. The number of halogens is 1. The number of fused-ring (bicyclic) bond motifs is 1. The molecular weight excluding hydrogens is 512 g/mol. The molecule has 0 aliphatic carbocycles. The maximum absolute atomic E-state index is 13.3. The van der Waals surface area contributed by atoms with Gasteiger partial charge in [0.15, 0.2) is 0 Å². The van der Waals surface area contributed by atoms with Gasteiger partial charge in [-0.3, -0.25) is 19.5 Å². The van der Waals surface area contributed by atoms with Crippen LogP contribution in [0.4, 0.5) is 5.69 Å². The van der Waals surface area contributed by atoms with E-state index in [1.807, 2.05) is 16.8 Å². The zero-order chi connectivity index (χ0) is 25.0. The summed E-state index contributed by atoms with van der Waals surface area (Å²) in [5, 5.41) is 6.55. The van der Waals surface area contributed by atoms with E-state index in [0.717, 1.165) is 5.56 Å². The fourth-order valence-corrected chi connectivity index (χ4v) is 5.49. The number of carbonyl (C=O) groups excluding carboxylic acids is 2. The molecule has 1 unspecified atom stereocenters. The molecule has 0 aliphatic heterocycles. The molecule has 1 amide bonds. The molecule has 2 aromatic heterocycles. The number of rotatable bonds is 8. The second-order valence-corrected chi connectivity index (χ2v) is 10.2. The molecular formula is C23H19ClN4O5S2. The van der Waals surface area contributed by atoms with Gasteiger partial charge in [-0.25, -0.2) is 13.2 Å². The van der Waals surface area contributed by atoms with Crippen molar-refractivity contribution >= 4 is 61.6 Å². The maximum Gasteiger partial charge on any atom is 0.328 e. The fourth-order valence-electron chi connectivity index (χ4n) is 3.40. The summed E-state index contributed by atoms with van der Waals surface area (Å²) in [5.74, 6) is -1.31. The van der Waals surface area contributed by atoms with Crippen LogP contribution in [0.3, 0.4) is 0 Å². The number of hydrogen-bond acceptors (Lipinski definition) is 8. The van der Waals surface area contributed by atoms with Crippen molar-refractivity contribution in [2.45, 2.75) is 17.4 Å². The molecule has 35 heavy (non-hydrogen) atoms. The van der Waals surface area contributed by atoms with Gasteiger partial charge in [0.2, 0.25) is 0 Å². The van der Waals surface area contributed by atoms with E-state index in [4.69, 9.17) is 16.3 Å². The lowest BCUT2D eigenvalue weighted by Gasteiger charge is -2.18. The van der Waals surface area contributed by atoms with Gasteiger partial charge in [-0.05, 0) is 52.7 Å². The molecule has 12 heteroatoms. The number of thiophene rings is 1. The highest BCUT2D eigenvalue weighted by Crippen LogP contribution is 2.27. The summed E-state index contributed by atoms with van der Waals surface area (Å²) >= 11 is 7.56. The number of amides is 1. The summed E-state index contributed by atoms with van der Waals surface area (Å²) in [7, 11) is -2.96. The molecule has 0 saturated carbocycles. The van der Waals surface area contributed by atoms with E-state index in [2.05, 4.69) is 20.0 Å². The number of anilines is 1. The zero-order valence-corrected chi connectivity index (χ0v) is 20.7. The predicted octanol–water partition coefficient (Wildman–Crippen LogP) is 3.66. The zero-order valence-electron chi connectivity index (χ0n) is 18.3. The third-order valence-corrected chi connectivity index (χ3v) is 7.40. The number of methoxy groups -OCH3 is 1. The van der Waals surface area contributed by atoms with Gasteiger partial charge in [0.25, 0.3) is 15.9 Å². The topological polar surface area (TPSA) is 127 Å². The quantitative estimate of drug-likeness (QED) is 0.333.